The summed E-state index contributed by atoms with van der Waals surface area (Å²) >= 11 is 0. The van der Waals surface area contributed by atoms with Crippen LogP contribution in [0.15, 0.2) is 0 Å². The molecule has 0 radical (unpaired) electrons. The molecule has 2 fully saturated rings. The van der Waals surface area contributed by atoms with E-state index in [1.165, 1.54) is 0 Å². The fourth-order valence-electron chi connectivity index (χ4n) is 2.75. The molecular formula is C15H27N3O2. The van der Waals surface area contributed by atoms with E-state index in [1.54, 1.807) is 0 Å². The van der Waals surface area contributed by atoms with Gasteiger partial charge in [-0.15, -0.1) is 0 Å². The van der Waals surface area contributed by atoms with Crippen LogP contribution in [0.5, 0.6) is 0 Å². The molecule has 20 heavy (non-hydrogen) atoms. The third-order valence-corrected chi connectivity index (χ3v) is 4.21. The van der Waals surface area contributed by atoms with Crippen LogP contribution in [0.2, 0.25) is 0 Å². The Morgan fingerprint density at radius 1 is 1.30 bits per heavy atom. The fourth-order valence-corrected chi connectivity index (χ4v) is 2.75. The van der Waals surface area contributed by atoms with Crippen LogP contribution in [0.1, 0.15) is 52.4 Å². The lowest BCUT2D eigenvalue weighted by Gasteiger charge is -2.38. The first-order valence-electron chi connectivity index (χ1n) is 7.79. The van der Waals surface area contributed by atoms with Gasteiger partial charge in [0.15, 0.2) is 0 Å². The maximum Gasteiger partial charge on any atom is 0.237 e. The molecule has 1 aliphatic heterocycles. The molecular weight excluding hydrogens is 254 g/mol. The van der Waals surface area contributed by atoms with Crippen molar-refractivity contribution in [2.24, 2.45) is 5.41 Å². The van der Waals surface area contributed by atoms with Gasteiger partial charge in [0.1, 0.15) is 0 Å². The van der Waals surface area contributed by atoms with E-state index in [9.17, 15) is 9.59 Å². The number of nitrogens with one attached hydrogen (secondary N) is 3. The number of amides is 2. The van der Waals surface area contributed by atoms with E-state index >= 15 is 0 Å². The summed E-state index contributed by atoms with van der Waals surface area (Å²) < 4.78 is 0. The van der Waals surface area contributed by atoms with Crippen molar-refractivity contribution < 1.29 is 9.59 Å². The quantitative estimate of drug-likeness (QED) is 0.635. The van der Waals surface area contributed by atoms with Gasteiger partial charge in [-0.25, -0.2) is 0 Å². The number of hydrogen-bond acceptors (Lipinski definition) is 3. The Kier molecular flexibility index (Phi) is 5.02. The standard InChI is InChI=1S/C15H27N3O2/c1-15(2)8-4-10-16-13(15)14(20)17-9-3-5-12(19)18-11-6-7-11/h11,13,16H,3-10H2,1-2H3,(H,17,20)(H,18,19). The molecule has 5 heteroatoms. The Morgan fingerprint density at radius 2 is 2.05 bits per heavy atom. The van der Waals surface area contributed by atoms with E-state index in [0.717, 1.165) is 32.2 Å². The second-order valence-electron chi connectivity index (χ2n) is 6.72. The van der Waals surface area contributed by atoms with Crippen LogP contribution in [-0.2, 0) is 9.59 Å². The molecule has 2 rings (SSSR count). The molecule has 5 nitrogen and oxygen atoms in total. The highest BCUT2D eigenvalue weighted by Crippen LogP contribution is 2.30. The maximum absolute atomic E-state index is 12.2. The molecule has 1 aliphatic carbocycles. The summed E-state index contributed by atoms with van der Waals surface area (Å²) in [5.41, 5.74) is 0.00564. The van der Waals surface area contributed by atoms with Crippen molar-refractivity contribution in [1.29, 1.82) is 0 Å². The van der Waals surface area contributed by atoms with Crippen LogP contribution in [-0.4, -0.2) is 37.0 Å². The van der Waals surface area contributed by atoms with Crippen LogP contribution in [0, 0.1) is 5.41 Å². The minimum absolute atomic E-state index is 0.00564. The molecule has 0 aromatic rings. The Bertz CT molecular complexity index is 364. The summed E-state index contributed by atoms with van der Waals surface area (Å²) in [4.78, 5) is 23.7. The molecule has 1 saturated carbocycles. The second kappa shape index (κ2) is 6.57. The third kappa shape index (κ3) is 4.47. The van der Waals surface area contributed by atoms with E-state index < -0.39 is 0 Å². The Morgan fingerprint density at radius 3 is 2.70 bits per heavy atom. The van der Waals surface area contributed by atoms with Gasteiger partial charge in [0.05, 0.1) is 6.04 Å². The predicted octanol–water partition coefficient (Wildman–Crippen LogP) is 0.940. The molecule has 2 amide bonds. The first kappa shape index (κ1) is 15.3. The first-order valence-corrected chi connectivity index (χ1v) is 7.79. The van der Waals surface area contributed by atoms with E-state index in [1.807, 2.05) is 0 Å². The average Bonchev–Trinajstić information content (AvgIpc) is 3.17. The number of carbonyl (C=O) groups is 2. The molecule has 0 bridgehead atoms. The number of rotatable bonds is 6. The van der Waals surface area contributed by atoms with Crippen molar-refractivity contribution in [3.05, 3.63) is 0 Å². The number of carbonyl (C=O) groups excluding carboxylic acids is 2. The van der Waals surface area contributed by atoms with Gasteiger partial charge in [-0.2, -0.15) is 0 Å². The van der Waals surface area contributed by atoms with Crippen molar-refractivity contribution in [3.63, 3.8) is 0 Å². The van der Waals surface area contributed by atoms with Gasteiger partial charge >= 0.3 is 0 Å². The van der Waals surface area contributed by atoms with Gasteiger partial charge in [0, 0.05) is 19.0 Å². The average molecular weight is 281 g/mol. The van der Waals surface area contributed by atoms with Crippen molar-refractivity contribution >= 4 is 11.8 Å². The summed E-state index contributed by atoms with van der Waals surface area (Å²) in [5.74, 6) is 0.176. The molecule has 0 spiro atoms. The lowest BCUT2D eigenvalue weighted by Crippen LogP contribution is -2.55. The normalized spacial score (nSPS) is 25.0. The Hall–Kier alpha value is -1.10. The maximum atomic E-state index is 12.2. The van der Waals surface area contributed by atoms with E-state index in [4.69, 9.17) is 0 Å². The molecule has 114 valence electrons. The van der Waals surface area contributed by atoms with Crippen LogP contribution in [0.4, 0.5) is 0 Å². The van der Waals surface area contributed by atoms with Crippen LogP contribution in [0.3, 0.4) is 0 Å². The highest BCUT2D eigenvalue weighted by atomic mass is 16.2. The monoisotopic (exact) mass is 281 g/mol. The third-order valence-electron chi connectivity index (χ3n) is 4.21. The zero-order chi connectivity index (χ0) is 14.6. The number of piperidine rings is 1. The summed E-state index contributed by atoms with van der Waals surface area (Å²) in [6, 6.07) is 0.306. The fraction of sp³-hybridized carbons (Fsp3) is 0.867. The van der Waals surface area contributed by atoms with Gasteiger partial charge in [-0.3, -0.25) is 9.59 Å². The topological polar surface area (TPSA) is 70.2 Å². The summed E-state index contributed by atoms with van der Waals surface area (Å²) in [6.45, 7) is 5.75. The molecule has 0 aromatic carbocycles. The van der Waals surface area contributed by atoms with Gasteiger partial charge < -0.3 is 16.0 Å². The first-order chi connectivity index (χ1) is 9.49. The Balaban J connectivity index is 1.62. The molecule has 1 unspecified atom stereocenters. The van der Waals surface area contributed by atoms with Crippen molar-refractivity contribution in [1.82, 2.24) is 16.0 Å². The summed E-state index contributed by atoms with van der Waals surface area (Å²) in [6.07, 6.45) is 5.63. The smallest absolute Gasteiger partial charge is 0.237 e. The van der Waals surface area contributed by atoms with Crippen LogP contribution in [0.25, 0.3) is 0 Å². The second-order valence-corrected chi connectivity index (χ2v) is 6.72. The zero-order valence-corrected chi connectivity index (χ0v) is 12.6. The minimum atomic E-state index is -0.114. The van der Waals surface area contributed by atoms with Gasteiger partial charge in [-0.1, -0.05) is 13.8 Å². The highest BCUT2D eigenvalue weighted by molar-refractivity contribution is 5.82. The van der Waals surface area contributed by atoms with Gasteiger partial charge in [0.25, 0.3) is 0 Å². The van der Waals surface area contributed by atoms with Crippen molar-refractivity contribution in [2.75, 3.05) is 13.1 Å². The van der Waals surface area contributed by atoms with E-state index in [2.05, 4.69) is 29.8 Å². The van der Waals surface area contributed by atoms with Crippen LogP contribution >= 0.6 is 0 Å². The van der Waals surface area contributed by atoms with Crippen molar-refractivity contribution in [2.45, 2.75) is 64.5 Å². The van der Waals surface area contributed by atoms with Crippen LogP contribution < -0.4 is 16.0 Å². The predicted molar refractivity (Wildman–Crippen MR) is 78.2 cm³/mol. The summed E-state index contributed by atoms with van der Waals surface area (Å²) in [7, 11) is 0. The van der Waals surface area contributed by atoms with Crippen molar-refractivity contribution in [3.8, 4) is 0 Å². The lowest BCUT2D eigenvalue weighted by molar-refractivity contribution is -0.127. The molecule has 1 saturated heterocycles. The molecule has 2 aliphatic rings. The SMILES string of the molecule is CC1(C)CCCNC1C(=O)NCCCC(=O)NC1CC1. The largest absolute Gasteiger partial charge is 0.355 e. The molecule has 0 aromatic heterocycles. The molecule has 3 N–H and O–H groups in total. The van der Waals surface area contributed by atoms with Gasteiger partial charge in [-0.05, 0) is 44.1 Å². The highest BCUT2D eigenvalue weighted by Gasteiger charge is 2.36. The number of hydrogen-bond donors (Lipinski definition) is 3. The lowest BCUT2D eigenvalue weighted by atomic mass is 9.77. The van der Waals surface area contributed by atoms with Gasteiger partial charge in [0.2, 0.25) is 11.8 Å². The molecule has 1 atom stereocenters. The van der Waals surface area contributed by atoms with E-state index in [-0.39, 0.29) is 23.3 Å². The van der Waals surface area contributed by atoms with E-state index in [0.29, 0.717) is 25.4 Å². The zero-order valence-electron chi connectivity index (χ0n) is 12.6. The Labute approximate surface area is 121 Å². The summed E-state index contributed by atoms with van der Waals surface area (Å²) in [5, 5.41) is 9.21. The molecule has 1 heterocycles. The minimum Gasteiger partial charge on any atom is -0.355 e.